The number of carboxylic acid groups (broad SMARTS) is 1. The summed E-state index contributed by atoms with van der Waals surface area (Å²) in [6.45, 7) is 2.54. The number of aryl methyl sites for hydroxylation is 1. The maximum Gasteiger partial charge on any atom is 0.337 e. The van der Waals surface area contributed by atoms with Crippen LogP contribution in [0, 0.1) is 6.92 Å². The van der Waals surface area contributed by atoms with Crippen molar-refractivity contribution in [3.8, 4) is 5.75 Å². The molecule has 0 saturated carbocycles. The molecule has 0 amide bonds. The molecule has 25 heavy (non-hydrogen) atoms. The zero-order valence-corrected chi connectivity index (χ0v) is 14.6. The summed E-state index contributed by atoms with van der Waals surface area (Å²) in [5.74, 6) is -0.221. The van der Waals surface area contributed by atoms with Crippen LogP contribution in [0.4, 0.5) is 0 Å². The van der Waals surface area contributed by atoms with Crippen molar-refractivity contribution in [1.82, 2.24) is 0 Å². The molecule has 0 unspecified atom stereocenters. The van der Waals surface area contributed by atoms with Gasteiger partial charge in [0.15, 0.2) is 0 Å². The lowest BCUT2D eigenvalue weighted by atomic mass is 10.1. The van der Waals surface area contributed by atoms with Crippen LogP contribution in [-0.4, -0.2) is 11.1 Å². The average Bonchev–Trinajstić information content (AvgIpc) is 3.13. The smallest absolute Gasteiger partial charge is 0.337 e. The first kappa shape index (κ1) is 17.0. The van der Waals surface area contributed by atoms with Crippen molar-refractivity contribution in [2.45, 2.75) is 13.5 Å². The van der Waals surface area contributed by atoms with Crippen LogP contribution in [0.3, 0.4) is 0 Å². The lowest BCUT2D eigenvalue weighted by Gasteiger charge is -2.09. The second kappa shape index (κ2) is 7.81. The Labute approximate surface area is 150 Å². The van der Waals surface area contributed by atoms with Gasteiger partial charge in [0.05, 0.1) is 5.57 Å². The van der Waals surface area contributed by atoms with E-state index in [-0.39, 0.29) is 5.57 Å². The monoisotopic (exact) mass is 350 g/mol. The SMILES string of the molecule is Cc1ccccc1COc1cccc(/C=C(\C(=O)O)c2cccs2)c1. The van der Waals surface area contributed by atoms with Gasteiger partial charge in [-0.3, -0.25) is 0 Å². The lowest BCUT2D eigenvalue weighted by molar-refractivity contribution is -0.130. The molecule has 0 atom stereocenters. The van der Waals surface area contributed by atoms with Gasteiger partial charge in [-0.1, -0.05) is 42.5 Å². The van der Waals surface area contributed by atoms with Gasteiger partial charge in [0, 0.05) is 4.88 Å². The van der Waals surface area contributed by atoms with Crippen molar-refractivity contribution < 1.29 is 14.6 Å². The molecule has 1 aromatic heterocycles. The molecule has 3 nitrogen and oxygen atoms in total. The van der Waals surface area contributed by atoms with Gasteiger partial charge in [-0.15, -0.1) is 11.3 Å². The van der Waals surface area contributed by atoms with E-state index in [2.05, 4.69) is 13.0 Å². The molecule has 2 aromatic carbocycles. The van der Waals surface area contributed by atoms with Gasteiger partial charge in [-0.25, -0.2) is 4.79 Å². The van der Waals surface area contributed by atoms with E-state index in [9.17, 15) is 9.90 Å². The van der Waals surface area contributed by atoms with Gasteiger partial charge in [-0.05, 0) is 53.3 Å². The Morgan fingerprint density at radius 1 is 1.12 bits per heavy atom. The summed E-state index contributed by atoms with van der Waals surface area (Å²) in [6.07, 6.45) is 1.68. The highest BCUT2D eigenvalue weighted by molar-refractivity contribution is 7.11. The van der Waals surface area contributed by atoms with E-state index in [1.807, 2.05) is 60.0 Å². The summed E-state index contributed by atoms with van der Waals surface area (Å²) in [4.78, 5) is 12.3. The second-order valence-corrected chi connectivity index (χ2v) is 6.58. The maximum atomic E-state index is 11.5. The van der Waals surface area contributed by atoms with E-state index in [4.69, 9.17) is 4.74 Å². The molecule has 3 aromatic rings. The van der Waals surface area contributed by atoms with Crippen molar-refractivity contribution in [2.75, 3.05) is 0 Å². The van der Waals surface area contributed by atoms with Crippen LogP contribution in [0.1, 0.15) is 21.6 Å². The largest absolute Gasteiger partial charge is 0.489 e. The van der Waals surface area contributed by atoms with Gasteiger partial charge in [0.25, 0.3) is 0 Å². The summed E-state index contributed by atoms with van der Waals surface area (Å²) in [5.41, 5.74) is 3.40. The van der Waals surface area contributed by atoms with Crippen molar-refractivity contribution in [3.63, 3.8) is 0 Å². The molecule has 3 rings (SSSR count). The summed E-state index contributed by atoms with van der Waals surface area (Å²) in [7, 11) is 0. The van der Waals surface area contributed by atoms with Crippen molar-refractivity contribution in [1.29, 1.82) is 0 Å². The van der Waals surface area contributed by atoms with Gasteiger partial charge in [0.2, 0.25) is 0 Å². The zero-order valence-electron chi connectivity index (χ0n) is 13.8. The number of hydrogen-bond acceptors (Lipinski definition) is 3. The molecule has 1 N–H and O–H groups in total. The normalized spacial score (nSPS) is 11.3. The molecule has 126 valence electrons. The predicted octanol–water partition coefficient (Wildman–Crippen LogP) is 5.26. The molecule has 0 fully saturated rings. The van der Waals surface area contributed by atoms with Crippen LogP contribution < -0.4 is 4.74 Å². The summed E-state index contributed by atoms with van der Waals surface area (Å²) >= 11 is 1.41. The van der Waals surface area contributed by atoms with E-state index in [1.54, 1.807) is 6.08 Å². The Morgan fingerprint density at radius 2 is 1.96 bits per heavy atom. The average molecular weight is 350 g/mol. The van der Waals surface area contributed by atoms with E-state index in [0.29, 0.717) is 12.4 Å². The number of ether oxygens (including phenoxy) is 1. The number of thiophene rings is 1. The highest BCUT2D eigenvalue weighted by atomic mass is 32.1. The number of rotatable bonds is 6. The van der Waals surface area contributed by atoms with Gasteiger partial charge in [0.1, 0.15) is 12.4 Å². The maximum absolute atomic E-state index is 11.5. The minimum absolute atomic E-state index is 0.283. The highest BCUT2D eigenvalue weighted by Crippen LogP contribution is 2.25. The molecule has 0 bridgehead atoms. The third-order valence-electron chi connectivity index (χ3n) is 3.84. The van der Waals surface area contributed by atoms with Crippen LogP contribution in [0.25, 0.3) is 11.6 Å². The van der Waals surface area contributed by atoms with E-state index in [0.717, 1.165) is 16.0 Å². The molecule has 0 radical (unpaired) electrons. The predicted molar refractivity (Wildman–Crippen MR) is 102 cm³/mol. The molecule has 0 spiro atoms. The minimum Gasteiger partial charge on any atom is -0.489 e. The number of carbonyl (C=O) groups is 1. The number of hydrogen-bond donors (Lipinski definition) is 1. The van der Waals surface area contributed by atoms with Gasteiger partial charge in [-0.2, -0.15) is 0 Å². The standard InChI is InChI=1S/C21H18O3S/c1-15-6-2-3-8-17(15)14-24-18-9-4-7-16(12-18)13-19(21(22)23)20-10-5-11-25-20/h2-13H,14H2,1H3,(H,22,23)/b19-13-. The summed E-state index contributed by atoms with van der Waals surface area (Å²) < 4.78 is 5.87. The third kappa shape index (κ3) is 4.37. The molecule has 0 saturated heterocycles. The first-order valence-electron chi connectivity index (χ1n) is 7.90. The van der Waals surface area contributed by atoms with Crippen LogP contribution in [-0.2, 0) is 11.4 Å². The lowest BCUT2D eigenvalue weighted by Crippen LogP contribution is -1.99. The Balaban J connectivity index is 1.80. The first-order valence-corrected chi connectivity index (χ1v) is 8.77. The highest BCUT2D eigenvalue weighted by Gasteiger charge is 2.11. The second-order valence-electron chi connectivity index (χ2n) is 5.63. The Bertz CT molecular complexity index is 895. The zero-order chi connectivity index (χ0) is 17.6. The fourth-order valence-electron chi connectivity index (χ4n) is 2.46. The molecule has 4 heteroatoms. The minimum atomic E-state index is -0.936. The molecule has 0 aliphatic heterocycles. The van der Waals surface area contributed by atoms with E-state index >= 15 is 0 Å². The molecule has 0 aliphatic carbocycles. The summed E-state index contributed by atoms with van der Waals surface area (Å²) in [6, 6.07) is 19.2. The van der Waals surface area contributed by atoms with Gasteiger partial charge >= 0.3 is 5.97 Å². The number of carboxylic acids is 1. The Morgan fingerprint density at radius 3 is 2.68 bits per heavy atom. The van der Waals surface area contributed by atoms with Gasteiger partial charge < -0.3 is 9.84 Å². The molecular formula is C21H18O3S. The molecule has 0 aliphatic rings. The van der Waals surface area contributed by atoms with Crippen molar-refractivity contribution in [2.24, 2.45) is 0 Å². The van der Waals surface area contributed by atoms with Crippen LogP contribution >= 0.6 is 11.3 Å². The van der Waals surface area contributed by atoms with E-state index in [1.165, 1.54) is 16.9 Å². The number of aliphatic carboxylic acids is 1. The topological polar surface area (TPSA) is 46.5 Å². The van der Waals surface area contributed by atoms with Crippen LogP contribution in [0.2, 0.25) is 0 Å². The van der Waals surface area contributed by atoms with Crippen molar-refractivity contribution in [3.05, 3.63) is 87.6 Å². The van der Waals surface area contributed by atoms with E-state index < -0.39 is 5.97 Å². The number of benzene rings is 2. The Hall–Kier alpha value is -2.85. The fourth-order valence-corrected chi connectivity index (χ4v) is 3.20. The Kier molecular flexibility index (Phi) is 5.31. The molecular weight excluding hydrogens is 332 g/mol. The van der Waals surface area contributed by atoms with Crippen molar-refractivity contribution >= 4 is 29.0 Å². The first-order chi connectivity index (χ1) is 12.1. The summed E-state index contributed by atoms with van der Waals surface area (Å²) in [5, 5.41) is 11.3. The van der Waals surface area contributed by atoms with Crippen LogP contribution in [0.5, 0.6) is 5.75 Å². The third-order valence-corrected chi connectivity index (χ3v) is 4.74. The fraction of sp³-hybridized carbons (Fsp3) is 0.0952. The quantitative estimate of drug-likeness (QED) is 0.617. The van der Waals surface area contributed by atoms with Crippen LogP contribution in [0.15, 0.2) is 66.0 Å². The molecule has 1 heterocycles.